The number of carbonyl (C=O) groups is 4. The van der Waals surface area contributed by atoms with Gasteiger partial charge in [-0.3, -0.25) is 19.2 Å². The molecule has 0 aliphatic heterocycles. The van der Waals surface area contributed by atoms with Gasteiger partial charge in [-0.25, -0.2) is 0 Å². The lowest BCUT2D eigenvalue weighted by Crippen LogP contribution is -2.13. The van der Waals surface area contributed by atoms with Crippen molar-refractivity contribution in [3.8, 4) is 11.5 Å². The highest BCUT2D eigenvalue weighted by molar-refractivity contribution is 6.14. The quantitative estimate of drug-likeness (QED) is 0.305. The number of carbonyl (C=O) groups excluding carboxylic acids is 2. The molecule has 8 heteroatoms. The van der Waals surface area contributed by atoms with E-state index in [0.29, 0.717) is 21.5 Å². The topological polar surface area (TPSA) is 127 Å². The first kappa shape index (κ1) is 22.7. The van der Waals surface area contributed by atoms with Crippen LogP contribution in [0.5, 0.6) is 11.5 Å². The summed E-state index contributed by atoms with van der Waals surface area (Å²) >= 11 is 0. The standard InChI is InChI=1S/C24H22O8/c1-13-5-3-7-15-21(13)23(31-19(29)11-9-17(25)26)16-8-4-6-14(2)22(16)24(15)32-20(30)12-10-18(27)28/h3-8H,9-12H2,1-2H3,(H,25,26)(H,27,28). The molecule has 0 heterocycles. The van der Waals surface area contributed by atoms with Gasteiger partial charge in [-0.15, -0.1) is 0 Å². The minimum Gasteiger partial charge on any atom is -0.481 e. The lowest BCUT2D eigenvalue weighted by molar-refractivity contribution is -0.142. The maximum atomic E-state index is 12.4. The Hall–Kier alpha value is -3.94. The van der Waals surface area contributed by atoms with Crippen LogP contribution in [0, 0.1) is 13.8 Å². The number of hydrogen-bond acceptors (Lipinski definition) is 6. The first-order valence-corrected chi connectivity index (χ1v) is 9.98. The average Bonchev–Trinajstić information content (AvgIpc) is 2.73. The highest BCUT2D eigenvalue weighted by Crippen LogP contribution is 2.45. The van der Waals surface area contributed by atoms with Gasteiger partial charge in [0.25, 0.3) is 0 Å². The second-order valence-corrected chi connectivity index (χ2v) is 7.39. The van der Waals surface area contributed by atoms with Crippen molar-refractivity contribution in [3.63, 3.8) is 0 Å². The summed E-state index contributed by atoms with van der Waals surface area (Å²) in [6.45, 7) is 3.63. The van der Waals surface area contributed by atoms with Gasteiger partial charge >= 0.3 is 23.9 Å². The first-order chi connectivity index (χ1) is 15.2. The summed E-state index contributed by atoms with van der Waals surface area (Å²) in [6.07, 6.45) is -1.29. The Morgan fingerprint density at radius 3 is 1.38 bits per heavy atom. The molecule has 0 bridgehead atoms. The molecule has 0 fully saturated rings. The van der Waals surface area contributed by atoms with Crippen LogP contribution in [0.1, 0.15) is 36.8 Å². The third-order valence-electron chi connectivity index (χ3n) is 5.01. The van der Waals surface area contributed by atoms with Gasteiger partial charge in [0.1, 0.15) is 11.5 Å². The number of fused-ring (bicyclic) bond motifs is 2. The minimum atomic E-state index is -1.10. The summed E-state index contributed by atoms with van der Waals surface area (Å²) < 4.78 is 11.3. The second-order valence-electron chi connectivity index (χ2n) is 7.39. The summed E-state index contributed by atoms with van der Waals surface area (Å²) in [5, 5.41) is 19.9. The molecule has 0 unspecified atom stereocenters. The van der Waals surface area contributed by atoms with Crippen molar-refractivity contribution in [2.45, 2.75) is 39.5 Å². The van der Waals surface area contributed by atoms with E-state index >= 15 is 0 Å². The van der Waals surface area contributed by atoms with Gasteiger partial charge in [0.2, 0.25) is 0 Å². The number of rotatable bonds is 8. The Balaban J connectivity index is 2.21. The van der Waals surface area contributed by atoms with Gasteiger partial charge in [0, 0.05) is 21.5 Å². The average molecular weight is 438 g/mol. The molecule has 0 saturated heterocycles. The van der Waals surface area contributed by atoms with Crippen molar-refractivity contribution in [1.29, 1.82) is 0 Å². The number of benzene rings is 3. The molecule has 0 saturated carbocycles. The van der Waals surface area contributed by atoms with Crippen LogP contribution >= 0.6 is 0 Å². The number of esters is 2. The Bertz CT molecular complexity index is 1140. The molecule has 0 aliphatic rings. The fraction of sp³-hybridized carbons (Fsp3) is 0.250. The van der Waals surface area contributed by atoms with Crippen LogP contribution in [0.2, 0.25) is 0 Å². The molecule has 0 aromatic heterocycles. The Kier molecular flexibility index (Phi) is 6.73. The summed E-state index contributed by atoms with van der Waals surface area (Å²) in [4.78, 5) is 46.4. The maximum absolute atomic E-state index is 12.4. The third kappa shape index (κ3) is 4.85. The largest absolute Gasteiger partial charge is 0.481 e. The molecule has 3 aromatic rings. The number of aryl methyl sites for hydroxylation is 2. The number of ether oxygens (including phenoxy) is 2. The molecule has 0 spiro atoms. The smallest absolute Gasteiger partial charge is 0.311 e. The monoisotopic (exact) mass is 438 g/mol. The van der Waals surface area contributed by atoms with Crippen LogP contribution < -0.4 is 9.47 Å². The van der Waals surface area contributed by atoms with Gasteiger partial charge in [-0.2, -0.15) is 0 Å². The molecule has 32 heavy (non-hydrogen) atoms. The molecule has 0 radical (unpaired) electrons. The van der Waals surface area contributed by atoms with Gasteiger partial charge < -0.3 is 19.7 Å². The van der Waals surface area contributed by atoms with Crippen molar-refractivity contribution >= 4 is 45.4 Å². The molecular weight excluding hydrogens is 416 g/mol. The summed E-state index contributed by atoms with van der Waals surface area (Å²) in [5.74, 6) is -3.06. The molecular formula is C24H22O8. The van der Waals surface area contributed by atoms with Crippen LogP contribution in [0.3, 0.4) is 0 Å². The van der Waals surface area contributed by atoms with E-state index in [1.807, 2.05) is 26.0 Å². The second kappa shape index (κ2) is 9.47. The number of aliphatic carboxylic acids is 2. The Morgan fingerprint density at radius 2 is 1.03 bits per heavy atom. The van der Waals surface area contributed by atoms with Gasteiger partial charge in [-0.1, -0.05) is 36.4 Å². The molecule has 166 valence electrons. The maximum Gasteiger partial charge on any atom is 0.311 e. The van der Waals surface area contributed by atoms with Gasteiger partial charge in [-0.05, 0) is 25.0 Å². The lowest BCUT2D eigenvalue weighted by Gasteiger charge is -2.19. The van der Waals surface area contributed by atoms with Gasteiger partial charge in [0.15, 0.2) is 0 Å². The van der Waals surface area contributed by atoms with Crippen molar-refractivity contribution in [2.75, 3.05) is 0 Å². The lowest BCUT2D eigenvalue weighted by atomic mass is 9.95. The molecule has 8 nitrogen and oxygen atoms in total. The first-order valence-electron chi connectivity index (χ1n) is 9.98. The van der Waals surface area contributed by atoms with Crippen molar-refractivity contribution in [2.24, 2.45) is 0 Å². The molecule has 3 rings (SSSR count). The number of hydrogen-bond donors (Lipinski definition) is 2. The van der Waals surface area contributed by atoms with E-state index in [9.17, 15) is 19.2 Å². The highest BCUT2D eigenvalue weighted by Gasteiger charge is 2.23. The predicted molar refractivity (Wildman–Crippen MR) is 116 cm³/mol. The number of carboxylic acids is 2. The fourth-order valence-electron chi connectivity index (χ4n) is 3.55. The zero-order valence-electron chi connectivity index (χ0n) is 17.6. The van der Waals surface area contributed by atoms with Crippen LogP contribution in [-0.4, -0.2) is 34.1 Å². The SMILES string of the molecule is Cc1cccc2c(OC(=O)CCC(=O)O)c3c(C)cccc3c(OC(=O)CCC(=O)O)c12. The molecule has 2 N–H and O–H groups in total. The Morgan fingerprint density at radius 1 is 0.656 bits per heavy atom. The molecule has 0 amide bonds. The summed E-state index contributed by atoms with van der Waals surface area (Å²) in [6, 6.07) is 10.6. The zero-order chi connectivity index (χ0) is 23.4. The van der Waals surface area contributed by atoms with Gasteiger partial charge in [0.05, 0.1) is 25.7 Å². The van der Waals surface area contributed by atoms with Crippen LogP contribution in [0.25, 0.3) is 21.5 Å². The normalized spacial score (nSPS) is 10.8. The summed E-state index contributed by atoms with van der Waals surface area (Å²) in [7, 11) is 0. The van der Waals surface area contributed by atoms with E-state index in [2.05, 4.69) is 0 Å². The zero-order valence-corrected chi connectivity index (χ0v) is 17.6. The van der Waals surface area contributed by atoms with Crippen LogP contribution in [0.4, 0.5) is 0 Å². The highest BCUT2D eigenvalue weighted by atomic mass is 16.5. The van der Waals surface area contributed by atoms with Crippen molar-refractivity contribution in [3.05, 3.63) is 47.5 Å². The molecule has 0 aliphatic carbocycles. The predicted octanol–water partition coefficient (Wildman–Crippen LogP) is 4.15. The third-order valence-corrected chi connectivity index (χ3v) is 5.01. The minimum absolute atomic E-state index is 0.262. The van der Waals surface area contributed by atoms with E-state index in [1.54, 1.807) is 24.3 Å². The molecule has 0 atom stereocenters. The number of carboxylic acid groups (broad SMARTS) is 2. The van der Waals surface area contributed by atoms with Crippen molar-refractivity contribution < 1.29 is 38.9 Å². The van der Waals surface area contributed by atoms with E-state index in [0.717, 1.165) is 11.1 Å². The van der Waals surface area contributed by atoms with E-state index in [-0.39, 0.29) is 37.2 Å². The molecule has 3 aromatic carbocycles. The fourth-order valence-corrected chi connectivity index (χ4v) is 3.55. The van der Waals surface area contributed by atoms with Crippen LogP contribution in [0.15, 0.2) is 36.4 Å². The Labute approximate surface area is 183 Å². The van der Waals surface area contributed by atoms with E-state index in [1.165, 1.54) is 0 Å². The van der Waals surface area contributed by atoms with E-state index < -0.39 is 23.9 Å². The summed E-state index contributed by atoms with van der Waals surface area (Å²) in [5.41, 5.74) is 1.52. The van der Waals surface area contributed by atoms with Crippen molar-refractivity contribution in [1.82, 2.24) is 0 Å². The van der Waals surface area contributed by atoms with Crippen LogP contribution in [-0.2, 0) is 19.2 Å². The van der Waals surface area contributed by atoms with E-state index in [4.69, 9.17) is 19.7 Å².